The van der Waals surface area contributed by atoms with Crippen molar-refractivity contribution in [3.8, 4) is 0 Å². The van der Waals surface area contributed by atoms with Gasteiger partial charge < -0.3 is 5.11 Å². The molecule has 6 heteroatoms. The molecule has 1 fully saturated rings. The van der Waals surface area contributed by atoms with Gasteiger partial charge in [0.05, 0.1) is 10.5 Å². The SMILES string of the molecule is O=S(=O)(NCC1(O)CCCC1)c1cccc(F)c1. The van der Waals surface area contributed by atoms with Crippen molar-refractivity contribution < 1.29 is 17.9 Å². The van der Waals surface area contributed by atoms with Gasteiger partial charge in [0, 0.05) is 6.54 Å². The molecule has 0 heterocycles. The van der Waals surface area contributed by atoms with E-state index in [1.54, 1.807) is 0 Å². The van der Waals surface area contributed by atoms with Crippen LogP contribution < -0.4 is 4.72 Å². The maximum Gasteiger partial charge on any atom is 0.240 e. The van der Waals surface area contributed by atoms with Gasteiger partial charge in [-0.3, -0.25) is 0 Å². The molecular weight excluding hydrogens is 257 g/mol. The molecule has 18 heavy (non-hydrogen) atoms. The third-order valence-corrected chi connectivity index (χ3v) is 4.63. The molecule has 1 saturated carbocycles. The molecule has 1 aromatic rings. The second-order valence-electron chi connectivity index (χ2n) is 4.71. The van der Waals surface area contributed by atoms with Crippen LogP contribution in [0.2, 0.25) is 0 Å². The van der Waals surface area contributed by atoms with E-state index in [0.29, 0.717) is 12.8 Å². The largest absolute Gasteiger partial charge is 0.389 e. The van der Waals surface area contributed by atoms with E-state index in [9.17, 15) is 17.9 Å². The highest BCUT2D eigenvalue weighted by atomic mass is 32.2. The Morgan fingerprint density at radius 1 is 1.33 bits per heavy atom. The van der Waals surface area contributed by atoms with Crippen molar-refractivity contribution in [1.82, 2.24) is 4.72 Å². The van der Waals surface area contributed by atoms with E-state index in [1.165, 1.54) is 18.2 Å². The summed E-state index contributed by atoms with van der Waals surface area (Å²) in [6.07, 6.45) is 2.99. The summed E-state index contributed by atoms with van der Waals surface area (Å²) in [6, 6.07) is 4.81. The van der Waals surface area contributed by atoms with Gasteiger partial charge >= 0.3 is 0 Å². The second kappa shape index (κ2) is 4.95. The number of nitrogens with one attached hydrogen (secondary N) is 1. The zero-order chi connectivity index (χ0) is 13.2. The summed E-state index contributed by atoms with van der Waals surface area (Å²) < 4.78 is 39.1. The Morgan fingerprint density at radius 2 is 2.00 bits per heavy atom. The van der Waals surface area contributed by atoms with Crippen LogP contribution in [0.4, 0.5) is 4.39 Å². The third-order valence-electron chi connectivity index (χ3n) is 3.23. The minimum atomic E-state index is -3.76. The fourth-order valence-electron chi connectivity index (χ4n) is 2.16. The van der Waals surface area contributed by atoms with E-state index in [4.69, 9.17) is 0 Å². The van der Waals surface area contributed by atoms with Crippen LogP contribution in [0.3, 0.4) is 0 Å². The minimum absolute atomic E-state index is 0.0220. The van der Waals surface area contributed by atoms with Crippen LogP contribution in [0.5, 0.6) is 0 Å². The van der Waals surface area contributed by atoms with Crippen LogP contribution >= 0.6 is 0 Å². The molecule has 2 N–H and O–H groups in total. The molecule has 0 bridgehead atoms. The van der Waals surface area contributed by atoms with Crippen LogP contribution in [0.25, 0.3) is 0 Å². The molecule has 0 spiro atoms. The van der Waals surface area contributed by atoms with Crippen LogP contribution in [0.1, 0.15) is 25.7 Å². The molecular formula is C12H16FNO3S. The van der Waals surface area contributed by atoms with Gasteiger partial charge in [-0.2, -0.15) is 0 Å². The van der Waals surface area contributed by atoms with Gasteiger partial charge in [0.25, 0.3) is 0 Å². The molecule has 1 aliphatic carbocycles. The molecule has 0 atom stereocenters. The summed E-state index contributed by atoms with van der Waals surface area (Å²) in [6.45, 7) is -0.0220. The summed E-state index contributed by atoms with van der Waals surface area (Å²) in [7, 11) is -3.76. The molecule has 4 nitrogen and oxygen atoms in total. The third kappa shape index (κ3) is 3.07. The first-order valence-corrected chi connectivity index (χ1v) is 7.37. The average Bonchev–Trinajstić information content (AvgIpc) is 2.75. The van der Waals surface area contributed by atoms with Gasteiger partial charge in [-0.15, -0.1) is 0 Å². The Hall–Kier alpha value is -0.980. The molecule has 0 unspecified atom stereocenters. The fraction of sp³-hybridized carbons (Fsp3) is 0.500. The molecule has 0 saturated heterocycles. The molecule has 0 amide bonds. The fourth-order valence-corrected chi connectivity index (χ4v) is 3.31. The Bertz CT molecular complexity index is 524. The number of rotatable bonds is 4. The van der Waals surface area contributed by atoms with E-state index in [2.05, 4.69) is 4.72 Å². The van der Waals surface area contributed by atoms with Crippen molar-refractivity contribution in [2.45, 2.75) is 36.2 Å². The zero-order valence-electron chi connectivity index (χ0n) is 9.89. The Balaban J connectivity index is 2.08. The Labute approximate surface area is 106 Å². The maximum absolute atomic E-state index is 13.0. The maximum atomic E-state index is 13.0. The highest BCUT2D eigenvalue weighted by Gasteiger charge is 2.32. The molecule has 1 aliphatic rings. The second-order valence-corrected chi connectivity index (χ2v) is 6.48. The lowest BCUT2D eigenvalue weighted by Gasteiger charge is -2.22. The van der Waals surface area contributed by atoms with E-state index < -0.39 is 21.4 Å². The summed E-state index contributed by atoms with van der Waals surface area (Å²) in [5, 5.41) is 10.1. The molecule has 100 valence electrons. The smallest absolute Gasteiger partial charge is 0.240 e. The summed E-state index contributed by atoms with van der Waals surface area (Å²) in [4.78, 5) is -0.121. The van der Waals surface area contributed by atoms with Gasteiger partial charge in [-0.1, -0.05) is 18.9 Å². The van der Waals surface area contributed by atoms with E-state index in [0.717, 1.165) is 18.9 Å². The van der Waals surface area contributed by atoms with Crippen LogP contribution in [-0.2, 0) is 10.0 Å². The zero-order valence-corrected chi connectivity index (χ0v) is 10.7. The monoisotopic (exact) mass is 273 g/mol. The number of aliphatic hydroxyl groups is 1. The quantitative estimate of drug-likeness (QED) is 0.871. The summed E-state index contributed by atoms with van der Waals surface area (Å²) >= 11 is 0. The van der Waals surface area contributed by atoms with Gasteiger partial charge in [-0.05, 0) is 31.0 Å². The lowest BCUT2D eigenvalue weighted by Crippen LogP contribution is -2.40. The summed E-state index contributed by atoms with van der Waals surface area (Å²) in [5.41, 5.74) is -0.958. The van der Waals surface area contributed by atoms with Gasteiger partial charge in [-0.25, -0.2) is 17.5 Å². The average molecular weight is 273 g/mol. The number of hydrogen-bond donors (Lipinski definition) is 2. The van der Waals surface area contributed by atoms with E-state index in [-0.39, 0.29) is 11.4 Å². The molecule has 0 aliphatic heterocycles. The number of benzene rings is 1. The topological polar surface area (TPSA) is 66.4 Å². The van der Waals surface area contributed by atoms with E-state index in [1.807, 2.05) is 0 Å². The molecule has 2 rings (SSSR count). The molecule has 0 radical (unpaired) electrons. The Kier molecular flexibility index (Phi) is 3.70. The first kappa shape index (κ1) is 13.5. The predicted molar refractivity (Wildman–Crippen MR) is 65.0 cm³/mol. The first-order chi connectivity index (χ1) is 8.41. The molecule has 1 aromatic carbocycles. The van der Waals surface area contributed by atoms with Crippen molar-refractivity contribution in [3.63, 3.8) is 0 Å². The normalized spacial score (nSPS) is 19.0. The van der Waals surface area contributed by atoms with Crippen molar-refractivity contribution in [2.75, 3.05) is 6.54 Å². The van der Waals surface area contributed by atoms with Crippen LogP contribution in [0, 0.1) is 5.82 Å². The highest BCUT2D eigenvalue weighted by molar-refractivity contribution is 7.89. The van der Waals surface area contributed by atoms with Crippen molar-refractivity contribution in [1.29, 1.82) is 0 Å². The van der Waals surface area contributed by atoms with E-state index >= 15 is 0 Å². The van der Waals surface area contributed by atoms with Crippen LogP contribution in [-0.4, -0.2) is 25.7 Å². The molecule has 0 aromatic heterocycles. The van der Waals surface area contributed by atoms with Gasteiger partial charge in [0.15, 0.2) is 0 Å². The number of sulfonamides is 1. The number of hydrogen-bond acceptors (Lipinski definition) is 3. The number of halogens is 1. The highest BCUT2D eigenvalue weighted by Crippen LogP contribution is 2.29. The first-order valence-electron chi connectivity index (χ1n) is 5.89. The predicted octanol–water partition coefficient (Wildman–Crippen LogP) is 1.41. The summed E-state index contributed by atoms with van der Waals surface area (Å²) in [5.74, 6) is -0.600. The standard InChI is InChI=1S/C12H16FNO3S/c13-10-4-3-5-11(8-10)18(16,17)14-9-12(15)6-1-2-7-12/h3-5,8,14-15H,1-2,6-7,9H2. The van der Waals surface area contributed by atoms with Crippen LogP contribution in [0.15, 0.2) is 29.2 Å². The van der Waals surface area contributed by atoms with Gasteiger partial charge in [0.2, 0.25) is 10.0 Å². The van der Waals surface area contributed by atoms with Crippen molar-refractivity contribution in [3.05, 3.63) is 30.1 Å². The minimum Gasteiger partial charge on any atom is -0.389 e. The Morgan fingerprint density at radius 3 is 2.61 bits per heavy atom. The lowest BCUT2D eigenvalue weighted by atomic mass is 10.0. The lowest BCUT2D eigenvalue weighted by molar-refractivity contribution is 0.0532. The van der Waals surface area contributed by atoms with Gasteiger partial charge in [0.1, 0.15) is 5.82 Å². The van der Waals surface area contributed by atoms with Crippen molar-refractivity contribution in [2.24, 2.45) is 0 Å². The van der Waals surface area contributed by atoms with Crippen molar-refractivity contribution >= 4 is 10.0 Å².